The highest BCUT2D eigenvalue weighted by atomic mass is 79.9. The van der Waals surface area contributed by atoms with E-state index in [-0.39, 0.29) is 23.4 Å². The summed E-state index contributed by atoms with van der Waals surface area (Å²) in [6, 6.07) is 11.7. The molecule has 1 aliphatic heterocycles. The van der Waals surface area contributed by atoms with Gasteiger partial charge in [0.2, 0.25) is 5.95 Å². The summed E-state index contributed by atoms with van der Waals surface area (Å²) in [4.78, 5) is 21.6. The molecule has 8 nitrogen and oxygen atoms in total. The molecule has 148 valence electrons. The minimum atomic E-state index is -0.380. The van der Waals surface area contributed by atoms with Crippen LogP contribution >= 0.6 is 15.9 Å². The molecule has 0 aliphatic carbocycles. The summed E-state index contributed by atoms with van der Waals surface area (Å²) in [6.45, 7) is 0. The molecular formula is C20H13BrFN7O. The number of carbonyl (C=O) groups excluding carboxylic acids is 1. The van der Waals surface area contributed by atoms with Crippen molar-refractivity contribution in [3.8, 4) is 11.4 Å². The lowest BCUT2D eigenvalue weighted by Gasteiger charge is -2.11. The number of nitrogens with zero attached hydrogens (tertiary/aromatic N) is 4. The first-order valence-electron chi connectivity index (χ1n) is 8.90. The van der Waals surface area contributed by atoms with E-state index in [0.29, 0.717) is 22.6 Å². The van der Waals surface area contributed by atoms with E-state index in [0.717, 1.165) is 9.86 Å². The Morgan fingerprint density at radius 2 is 1.97 bits per heavy atom. The summed E-state index contributed by atoms with van der Waals surface area (Å²) in [6.07, 6.45) is 4.59. The van der Waals surface area contributed by atoms with Gasteiger partial charge in [-0.3, -0.25) is 4.79 Å². The van der Waals surface area contributed by atoms with Crippen LogP contribution in [0, 0.1) is 5.82 Å². The third kappa shape index (κ3) is 3.16. The van der Waals surface area contributed by atoms with Crippen molar-refractivity contribution in [1.29, 1.82) is 0 Å². The molecule has 3 N–H and O–H groups in total. The Labute approximate surface area is 177 Å². The fraction of sp³-hybridized carbons (Fsp3) is 0. The number of fused-ring (bicyclic) bond motifs is 3. The van der Waals surface area contributed by atoms with E-state index in [2.05, 4.69) is 46.9 Å². The summed E-state index contributed by atoms with van der Waals surface area (Å²) in [5.41, 5.74) is 1.93. The van der Waals surface area contributed by atoms with Crippen molar-refractivity contribution in [3.05, 3.63) is 77.1 Å². The number of hydrogen-bond acceptors (Lipinski definition) is 6. The minimum absolute atomic E-state index is 0.239. The van der Waals surface area contributed by atoms with Crippen molar-refractivity contribution in [1.82, 2.24) is 30.2 Å². The molecule has 10 heteroatoms. The second-order valence-corrected chi connectivity index (χ2v) is 7.26. The summed E-state index contributed by atoms with van der Waals surface area (Å²) in [5.74, 6) is -0.103. The fourth-order valence-electron chi connectivity index (χ4n) is 3.08. The molecular weight excluding hydrogens is 453 g/mol. The lowest BCUT2D eigenvalue weighted by molar-refractivity contribution is -0.116. The number of para-hydroxylation sites is 1. The van der Waals surface area contributed by atoms with E-state index in [1.165, 1.54) is 29.0 Å². The minimum Gasteiger partial charge on any atom is -0.364 e. The molecule has 0 fully saturated rings. The van der Waals surface area contributed by atoms with Crippen LogP contribution in [0.5, 0.6) is 0 Å². The molecule has 1 aliphatic rings. The Kier molecular flexibility index (Phi) is 4.40. The standard InChI is InChI=1S/C20H13BrFN7O/c21-14-6-2-5-13-16(14)26-20(25-15-10-23-7-8-24-19(15)30)29-18(13)27-17(28-29)11-3-1-4-12(22)9-11/h1-10,23H,(H,24,30)(H,25,26). The molecule has 2 aromatic carbocycles. The molecule has 0 unspecified atom stereocenters. The van der Waals surface area contributed by atoms with Gasteiger partial charge < -0.3 is 16.0 Å². The van der Waals surface area contributed by atoms with Gasteiger partial charge in [0.05, 0.1) is 5.52 Å². The Morgan fingerprint density at radius 1 is 1.10 bits per heavy atom. The zero-order valence-corrected chi connectivity index (χ0v) is 16.8. The van der Waals surface area contributed by atoms with E-state index in [4.69, 9.17) is 0 Å². The molecule has 30 heavy (non-hydrogen) atoms. The Bertz CT molecular complexity index is 1380. The van der Waals surface area contributed by atoms with Gasteiger partial charge in [0, 0.05) is 34.0 Å². The highest BCUT2D eigenvalue weighted by Crippen LogP contribution is 2.29. The zero-order valence-electron chi connectivity index (χ0n) is 15.2. The van der Waals surface area contributed by atoms with Gasteiger partial charge in [-0.2, -0.15) is 4.52 Å². The van der Waals surface area contributed by atoms with E-state index >= 15 is 0 Å². The van der Waals surface area contributed by atoms with Crippen molar-refractivity contribution in [3.63, 3.8) is 0 Å². The number of anilines is 1. The number of carbonyl (C=O) groups is 1. The summed E-state index contributed by atoms with van der Waals surface area (Å²) < 4.78 is 16.0. The number of aromatic nitrogens is 4. The van der Waals surface area contributed by atoms with E-state index in [1.807, 2.05) is 18.2 Å². The second-order valence-electron chi connectivity index (χ2n) is 6.41. The lowest BCUT2D eigenvalue weighted by Crippen LogP contribution is -2.24. The van der Waals surface area contributed by atoms with Crippen LogP contribution < -0.4 is 16.0 Å². The number of benzene rings is 2. The van der Waals surface area contributed by atoms with Crippen LogP contribution in [0.3, 0.4) is 0 Å². The smallest absolute Gasteiger partial charge is 0.273 e. The van der Waals surface area contributed by atoms with Crippen LogP contribution in [-0.4, -0.2) is 25.5 Å². The third-order valence-corrected chi connectivity index (χ3v) is 5.09. The SMILES string of the molecule is O=C1NC=CNC=C1Nc1nc2c(Br)cccc2c2nc(-c3cccc(F)c3)nn12. The molecule has 0 radical (unpaired) electrons. The highest BCUT2D eigenvalue weighted by Gasteiger charge is 2.19. The second kappa shape index (κ2) is 7.23. The van der Waals surface area contributed by atoms with Gasteiger partial charge >= 0.3 is 0 Å². The number of amides is 1. The predicted molar refractivity (Wildman–Crippen MR) is 114 cm³/mol. The molecule has 0 saturated heterocycles. The van der Waals surface area contributed by atoms with Crippen LogP contribution in [0.15, 0.2) is 71.2 Å². The maximum Gasteiger partial charge on any atom is 0.273 e. The quantitative estimate of drug-likeness (QED) is 0.429. The number of halogens is 2. The summed E-state index contributed by atoms with van der Waals surface area (Å²) >= 11 is 3.51. The van der Waals surface area contributed by atoms with Crippen molar-refractivity contribution in [2.75, 3.05) is 5.32 Å². The highest BCUT2D eigenvalue weighted by molar-refractivity contribution is 9.10. The summed E-state index contributed by atoms with van der Waals surface area (Å²) in [5, 5.41) is 13.8. The van der Waals surface area contributed by atoms with Gasteiger partial charge in [-0.05, 0) is 40.2 Å². The van der Waals surface area contributed by atoms with Crippen LogP contribution in [0.2, 0.25) is 0 Å². The molecule has 0 bridgehead atoms. The maximum atomic E-state index is 13.7. The van der Waals surface area contributed by atoms with Gasteiger partial charge in [-0.1, -0.05) is 18.2 Å². The average molecular weight is 466 g/mol. The van der Waals surface area contributed by atoms with Gasteiger partial charge in [0.1, 0.15) is 11.5 Å². The third-order valence-electron chi connectivity index (χ3n) is 4.45. The Hall–Kier alpha value is -3.79. The number of rotatable bonds is 3. The van der Waals surface area contributed by atoms with Gasteiger partial charge in [-0.25, -0.2) is 14.4 Å². The van der Waals surface area contributed by atoms with Gasteiger partial charge in [-0.15, -0.1) is 5.10 Å². The largest absolute Gasteiger partial charge is 0.364 e. The molecule has 0 atom stereocenters. The Balaban J connectivity index is 1.73. The molecule has 3 heterocycles. The first kappa shape index (κ1) is 18.3. The lowest BCUT2D eigenvalue weighted by atomic mass is 10.2. The molecule has 0 saturated carbocycles. The van der Waals surface area contributed by atoms with E-state index in [9.17, 15) is 9.18 Å². The van der Waals surface area contributed by atoms with Crippen molar-refractivity contribution in [2.45, 2.75) is 0 Å². The van der Waals surface area contributed by atoms with E-state index < -0.39 is 0 Å². The van der Waals surface area contributed by atoms with Gasteiger partial charge in [0.15, 0.2) is 11.5 Å². The van der Waals surface area contributed by atoms with Crippen molar-refractivity contribution in [2.24, 2.45) is 0 Å². The zero-order chi connectivity index (χ0) is 20.7. The fourth-order valence-corrected chi connectivity index (χ4v) is 3.54. The van der Waals surface area contributed by atoms with E-state index in [1.54, 1.807) is 18.3 Å². The number of hydrogen-bond donors (Lipinski definition) is 3. The molecule has 4 aromatic rings. The van der Waals surface area contributed by atoms with Crippen molar-refractivity contribution >= 4 is 44.3 Å². The average Bonchev–Trinajstić information content (AvgIpc) is 3.09. The van der Waals surface area contributed by atoms with Crippen molar-refractivity contribution < 1.29 is 9.18 Å². The molecule has 5 rings (SSSR count). The summed E-state index contributed by atoms with van der Waals surface area (Å²) in [7, 11) is 0. The van der Waals surface area contributed by atoms with Crippen LogP contribution in [-0.2, 0) is 4.79 Å². The topological polar surface area (TPSA) is 96.2 Å². The molecule has 2 aromatic heterocycles. The van der Waals surface area contributed by atoms with Gasteiger partial charge in [0.25, 0.3) is 5.91 Å². The van der Waals surface area contributed by atoms with Crippen LogP contribution in [0.25, 0.3) is 27.9 Å². The first-order chi connectivity index (χ1) is 14.6. The first-order valence-corrected chi connectivity index (χ1v) is 9.69. The van der Waals surface area contributed by atoms with Crippen LogP contribution in [0.4, 0.5) is 10.3 Å². The predicted octanol–water partition coefficient (Wildman–Crippen LogP) is 3.29. The maximum absolute atomic E-state index is 13.7. The Morgan fingerprint density at radius 3 is 2.83 bits per heavy atom. The number of nitrogens with one attached hydrogen (secondary N) is 3. The monoisotopic (exact) mass is 465 g/mol. The van der Waals surface area contributed by atoms with Crippen LogP contribution in [0.1, 0.15) is 0 Å². The normalized spacial score (nSPS) is 13.7. The molecule has 0 spiro atoms. The molecule has 1 amide bonds.